The quantitative estimate of drug-likeness (QED) is 0.503. The Morgan fingerprint density at radius 2 is 1.66 bits per heavy atom. The van der Waals surface area contributed by atoms with Crippen LogP contribution in [0.2, 0.25) is 0 Å². The second-order valence-corrected chi connectivity index (χ2v) is 6.78. The minimum atomic E-state index is -0.318. The number of fused-ring (bicyclic) bond motifs is 1. The predicted molar refractivity (Wildman–Crippen MR) is 116 cm³/mol. The van der Waals surface area contributed by atoms with Crippen molar-refractivity contribution in [3.05, 3.63) is 65.5 Å². The van der Waals surface area contributed by atoms with Gasteiger partial charge in [0.2, 0.25) is 0 Å². The van der Waals surface area contributed by atoms with Gasteiger partial charge in [-0.1, -0.05) is 32.1 Å². The number of rotatable bonds is 9. The number of hydrogen-bond acceptors (Lipinski definition) is 4. The van der Waals surface area contributed by atoms with Crippen molar-refractivity contribution >= 4 is 28.9 Å². The SMILES string of the molecule is CCN(CC)CCCNc1nc(C=Cc2ccc(F)cc2)nc2ccc(F)cc12. The van der Waals surface area contributed by atoms with Crippen molar-refractivity contribution in [2.24, 2.45) is 0 Å². The third-order valence-corrected chi connectivity index (χ3v) is 4.81. The van der Waals surface area contributed by atoms with Crippen LogP contribution in [-0.4, -0.2) is 41.0 Å². The lowest BCUT2D eigenvalue weighted by Crippen LogP contribution is -2.25. The first-order valence-corrected chi connectivity index (χ1v) is 9.96. The number of halogens is 2. The minimum absolute atomic E-state index is 0.276. The zero-order valence-electron chi connectivity index (χ0n) is 16.8. The van der Waals surface area contributed by atoms with E-state index < -0.39 is 0 Å². The third kappa shape index (κ3) is 5.81. The molecule has 0 aliphatic heterocycles. The summed E-state index contributed by atoms with van der Waals surface area (Å²) in [7, 11) is 0. The Kier molecular flexibility index (Phi) is 7.25. The van der Waals surface area contributed by atoms with E-state index in [2.05, 4.69) is 34.0 Å². The van der Waals surface area contributed by atoms with Crippen LogP contribution in [0.5, 0.6) is 0 Å². The average Bonchev–Trinajstić information content (AvgIpc) is 2.73. The maximum absolute atomic E-state index is 13.8. The number of nitrogens with one attached hydrogen (secondary N) is 1. The lowest BCUT2D eigenvalue weighted by molar-refractivity contribution is 0.303. The molecule has 0 radical (unpaired) electrons. The molecule has 0 spiro atoms. The Morgan fingerprint density at radius 3 is 2.38 bits per heavy atom. The van der Waals surface area contributed by atoms with E-state index in [1.165, 1.54) is 24.3 Å². The highest BCUT2D eigenvalue weighted by molar-refractivity contribution is 5.90. The summed E-state index contributed by atoms with van der Waals surface area (Å²) in [5.41, 5.74) is 1.52. The van der Waals surface area contributed by atoms with Gasteiger partial charge in [-0.05, 0) is 68.0 Å². The van der Waals surface area contributed by atoms with E-state index in [4.69, 9.17) is 0 Å². The van der Waals surface area contributed by atoms with E-state index in [0.29, 0.717) is 22.5 Å². The molecule has 29 heavy (non-hydrogen) atoms. The van der Waals surface area contributed by atoms with Crippen molar-refractivity contribution in [3.8, 4) is 0 Å². The predicted octanol–water partition coefficient (Wildman–Crippen LogP) is 5.22. The topological polar surface area (TPSA) is 41.0 Å². The van der Waals surface area contributed by atoms with Crippen LogP contribution in [0.1, 0.15) is 31.7 Å². The second-order valence-electron chi connectivity index (χ2n) is 6.78. The van der Waals surface area contributed by atoms with Crippen LogP contribution in [0, 0.1) is 11.6 Å². The Bertz CT molecular complexity index is 967. The largest absolute Gasteiger partial charge is 0.369 e. The highest BCUT2D eigenvalue weighted by Crippen LogP contribution is 2.22. The normalized spacial score (nSPS) is 11.6. The zero-order chi connectivity index (χ0) is 20.6. The number of hydrogen-bond donors (Lipinski definition) is 1. The summed E-state index contributed by atoms with van der Waals surface area (Å²) >= 11 is 0. The first kappa shape index (κ1) is 20.9. The summed E-state index contributed by atoms with van der Waals surface area (Å²) in [5.74, 6) is 0.539. The molecule has 0 atom stereocenters. The third-order valence-electron chi connectivity index (χ3n) is 4.81. The fraction of sp³-hybridized carbons (Fsp3) is 0.304. The molecule has 0 saturated heterocycles. The van der Waals surface area contributed by atoms with Gasteiger partial charge in [-0.25, -0.2) is 18.7 Å². The molecule has 3 aromatic rings. The van der Waals surface area contributed by atoms with E-state index in [1.54, 1.807) is 24.3 Å². The molecule has 4 nitrogen and oxygen atoms in total. The molecule has 1 aromatic heterocycles. The Balaban J connectivity index is 1.80. The van der Waals surface area contributed by atoms with Crippen molar-refractivity contribution in [2.45, 2.75) is 20.3 Å². The number of aromatic nitrogens is 2. The van der Waals surface area contributed by atoms with E-state index in [-0.39, 0.29) is 11.6 Å². The zero-order valence-corrected chi connectivity index (χ0v) is 16.8. The molecule has 6 heteroatoms. The molecular formula is C23H26F2N4. The molecule has 0 saturated carbocycles. The Morgan fingerprint density at radius 1 is 0.931 bits per heavy atom. The van der Waals surface area contributed by atoms with E-state index in [0.717, 1.165) is 38.2 Å². The Hall–Kier alpha value is -2.86. The fourth-order valence-electron chi connectivity index (χ4n) is 3.12. The summed E-state index contributed by atoms with van der Waals surface area (Å²) in [6, 6.07) is 10.7. The molecule has 1 N–H and O–H groups in total. The maximum Gasteiger partial charge on any atom is 0.154 e. The van der Waals surface area contributed by atoms with Gasteiger partial charge in [-0.3, -0.25) is 0 Å². The minimum Gasteiger partial charge on any atom is -0.369 e. The van der Waals surface area contributed by atoms with Gasteiger partial charge in [-0.15, -0.1) is 0 Å². The van der Waals surface area contributed by atoms with Gasteiger partial charge >= 0.3 is 0 Å². The van der Waals surface area contributed by atoms with Crippen LogP contribution in [0.3, 0.4) is 0 Å². The monoisotopic (exact) mass is 396 g/mol. The lowest BCUT2D eigenvalue weighted by Gasteiger charge is -2.18. The molecule has 0 aliphatic rings. The number of nitrogens with zero attached hydrogens (tertiary/aromatic N) is 3. The van der Waals surface area contributed by atoms with Gasteiger partial charge in [0.05, 0.1) is 5.52 Å². The summed E-state index contributed by atoms with van der Waals surface area (Å²) in [6.45, 7) is 8.08. The molecule has 0 bridgehead atoms. The van der Waals surface area contributed by atoms with Crippen LogP contribution >= 0.6 is 0 Å². The first-order chi connectivity index (χ1) is 14.1. The van der Waals surface area contributed by atoms with E-state index in [9.17, 15) is 8.78 Å². The summed E-state index contributed by atoms with van der Waals surface area (Å²) in [5, 5.41) is 4.00. The molecule has 0 unspecified atom stereocenters. The molecule has 0 aliphatic carbocycles. The van der Waals surface area contributed by atoms with E-state index in [1.807, 2.05) is 6.08 Å². The van der Waals surface area contributed by atoms with Crippen molar-refractivity contribution in [3.63, 3.8) is 0 Å². The van der Waals surface area contributed by atoms with Crippen molar-refractivity contribution in [1.82, 2.24) is 14.9 Å². The van der Waals surface area contributed by atoms with Gasteiger partial charge in [0.15, 0.2) is 5.82 Å². The highest BCUT2D eigenvalue weighted by Gasteiger charge is 2.08. The molecular weight excluding hydrogens is 370 g/mol. The van der Waals surface area contributed by atoms with Crippen LogP contribution in [0.4, 0.5) is 14.6 Å². The van der Waals surface area contributed by atoms with Gasteiger partial charge in [0.1, 0.15) is 17.5 Å². The van der Waals surface area contributed by atoms with Crippen LogP contribution < -0.4 is 5.32 Å². The summed E-state index contributed by atoms with van der Waals surface area (Å²) < 4.78 is 26.8. The standard InChI is InChI=1S/C23H26F2N4/c1-3-29(4-2)15-5-14-26-23-20-16-19(25)11-12-21(20)27-22(28-23)13-8-17-6-9-18(24)10-7-17/h6-13,16H,3-5,14-15H2,1-2H3,(H,26,27,28). The molecule has 2 aromatic carbocycles. The van der Waals surface area contributed by atoms with Gasteiger partial charge in [0, 0.05) is 11.9 Å². The maximum atomic E-state index is 13.8. The first-order valence-electron chi connectivity index (χ1n) is 9.96. The van der Waals surface area contributed by atoms with E-state index >= 15 is 0 Å². The van der Waals surface area contributed by atoms with Crippen molar-refractivity contribution in [1.29, 1.82) is 0 Å². The van der Waals surface area contributed by atoms with Crippen molar-refractivity contribution in [2.75, 3.05) is 31.5 Å². The summed E-state index contributed by atoms with van der Waals surface area (Å²) in [4.78, 5) is 11.4. The Labute approximate surface area is 170 Å². The number of anilines is 1. The highest BCUT2D eigenvalue weighted by atomic mass is 19.1. The molecule has 152 valence electrons. The van der Waals surface area contributed by atoms with Crippen LogP contribution in [0.25, 0.3) is 23.1 Å². The van der Waals surface area contributed by atoms with Crippen LogP contribution in [-0.2, 0) is 0 Å². The molecule has 3 rings (SSSR count). The van der Waals surface area contributed by atoms with Gasteiger partial charge in [-0.2, -0.15) is 0 Å². The average molecular weight is 396 g/mol. The number of benzene rings is 2. The second kappa shape index (κ2) is 10.1. The molecule has 0 fully saturated rings. The van der Waals surface area contributed by atoms with Crippen LogP contribution in [0.15, 0.2) is 42.5 Å². The summed E-state index contributed by atoms with van der Waals surface area (Å²) in [6.07, 6.45) is 4.56. The fourth-order valence-corrected chi connectivity index (χ4v) is 3.12. The van der Waals surface area contributed by atoms with Gasteiger partial charge in [0.25, 0.3) is 0 Å². The molecule has 1 heterocycles. The molecule has 0 amide bonds. The van der Waals surface area contributed by atoms with Crippen molar-refractivity contribution < 1.29 is 8.78 Å². The lowest BCUT2D eigenvalue weighted by atomic mass is 10.2. The van der Waals surface area contributed by atoms with Gasteiger partial charge < -0.3 is 10.2 Å². The smallest absolute Gasteiger partial charge is 0.154 e.